The van der Waals surface area contributed by atoms with Crippen molar-refractivity contribution in [2.45, 2.75) is 6.54 Å². The van der Waals surface area contributed by atoms with E-state index in [0.717, 1.165) is 12.4 Å². The zero-order valence-electron chi connectivity index (χ0n) is 9.58. The number of hydrogen-bond donors (Lipinski definition) is 0. The minimum Gasteiger partial charge on any atom is -0.326 e. The lowest BCUT2D eigenvalue weighted by Gasteiger charge is -2.06. The molecule has 3 rings (SSSR count). The molecule has 0 aliphatic carbocycles. The molecule has 0 aliphatic rings. The van der Waals surface area contributed by atoms with E-state index in [9.17, 15) is 0 Å². The summed E-state index contributed by atoms with van der Waals surface area (Å²) >= 11 is 4.05. The second kappa shape index (κ2) is 5.24. The Bertz CT molecular complexity index is 626. The van der Waals surface area contributed by atoms with Gasteiger partial charge in [-0.1, -0.05) is 18.2 Å². The van der Waals surface area contributed by atoms with Gasteiger partial charge >= 0.3 is 0 Å². The van der Waals surface area contributed by atoms with E-state index < -0.39 is 0 Å². The van der Waals surface area contributed by atoms with E-state index in [1.165, 1.54) is 14.0 Å². The molecule has 0 saturated carbocycles. The largest absolute Gasteiger partial charge is 0.326 e. The van der Waals surface area contributed by atoms with Crippen LogP contribution in [-0.2, 0) is 6.54 Å². The van der Waals surface area contributed by atoms with Crippen molar-refractivity contribution in [2.75, 3.05) is 0 Å². The molecule has 0 bridgehead atoms. The molecule has 4 heteroatoms. The van der Waals surface area contributed by atoms with Gasteiger partial charge in [-0.05, 0) is 51.7 Å². The molecule has 1 aromatic carbocycles. The van der Waals surface area contributed by atoms with Gasteiger partial charge in [0.1, 0.15) is 5.82 Å². The molecular weight excluding hydrogens is 355 g/mol. The summed E-state index contributed by atoms with van der Waals surface area (Å²) in [6.45, 7) is 0.865. The minimum absolute atomic E-state index is 0.865. The first-order chi connectivity index (χ1) is 8.83. The SMILES string of the molecule is Ic1ccc(Cn2ccnc2-c2cccs2)cc1. The van der Waals surface area contributed by atoms with Crippen molar-refractivity contribution in [3.05, 3.63) is 63.3 Å². The molecule has 0 N–H and O–H groups in total. The molecule has 2 nitrogen and oxygen atoms in total. The van der Waals surface area contributed by atoms with E-state index in [-0.39, 0.29) is 0 Å². The second-order valence-electron chi connectivity index (χ2n) is 3.98. The van der Waals surface area contributed by atoms with Gasteiger partial charge < -0.3 is 4.57 Å². The summed E-state index contributed by atoms with van der Waals surface area (Å²) in [4.78, 5) is 5.66. The molecule has 0 radical (unpaired) electrons. The summed E-state index contributed by atoms with van der Waals surface area (Å²) in [6, 6.07) is 12.8. The summed E-state index contributed by atoms with van der Waals surface area (Å²) in [5.41, 5.74) is 1.30. The number of imidazole rings is 1. The van der Waals surface area contributed by atoms with E-state index >= 15 is 0 Å². The highest BCUT2D eigenvalue weighted by atomic mass is 127. The van der Waals surface area contributed by atoms with Gasteiger partial charge in [-0.25, -0.2) is 4.98 Å². The zero-order valence-corrected chi connectivity index (χ0v) is 12.6. The van der Waals surface area contributed by atoms with Crippen LogP contribution in [0.15, 0.2) is 54.2 Å². The maximum Gasteiger partial charge on any atom is 0.150 e. The third kappa shape index (κ3) is 2.49. The van der Waals surface area contributed by atoms with Crippen LogP contribution in [-0.4, -0.2) is 9.55 Å². The lowest BCUT2D eigenvalue weighted by molar-refractivity contribution is 0.808. The Morgan fingerprint density at radius 2 is 2.00 bits per heavy atom. The molecule has 0 fully saturated rings. The topological polar surface area (TPSA) is 17.8 Å². The molecule has 90 valence electrons. The van der Waals surface area contributed by atoms with Gasteiger partial charge in [0.15, 0.2) is 0 Å². The normalized spacial score (nSPS) is 10.7. The fourth-order valence-electron chi connectivity index (χ4n) is 1.85. The molecule has 2 heterocycles. The third-order valence-corrected chi connectivity index (χ3v) is 4.31. The maximum atomic E-state index is 4.44. The number of thiophene rings is 1. The minimum atomic E-state index is 0.865. The summed E-state index contributed by atoms with van der Waals surface area (Å²) < 4.78 is 3.45. The van der Waals surface area contributed by atoms with E-state index in [4.69, 9.17) is 0 Å². The first-order valence-corrected chi connectivity index (χ1v) is 7.58. The molecule has 0 amide bonds. The van der Waals surface area contributed by atoms with Crippen molar-refractivity contribution in [3.8, 4) is 10.7 Å². The fourth-order valence-corrected chi connectivity index (χ4v) is 2.95. The number of hydrogen-bond acceptors (Lipinski definition) is 2. The molecule has 0 aliphatic heterocycles. The second-order valence-corrected chi connectivity index (χ2v) is 6.18. The smallest absolute Gasteiger partial charge is 0.150 e. The number of nitrogens with zero attached hydrogens (tertiary/aromatic N) is 2. The van der Waals surface area contributed by atoms with Gasteiger partial charge in [0.25, 0.3) is 0 Å². The predicted molar refractivity (Wildman–Crippen MR) is 83.8 cm³/mol. The number of aromatic nitrogens is 2. The van der Waals surface area contributed by atoms with E-state index in [1.54, 1.807) is 11.3 Å². The van der Waals surface area contributed by atoms with E-state index in [0.29, 0.717) is 0 Å². The summed E-state index contributed by atoms with van der Waals surface area (Å²) in [5, 5.41) is 2.08. The summed E-state index contributed by atoms with van der Waals surface area (Å²) in [5.74, 6) is 1.04. The Balaban J connectivity index is 1.90. The van der Waals surface area contributed by atoms with Gasteiger partial charge in [0.2, 0.25) is 0 Å². The Labute approximate surface area is 123 Å². The molecule has 0 saturated heterocycles. The standard InChI is InChI=1S/C14H11IN2S/c15-12-5-3-11(4-6-12)10-17-8-7-16-14(17)13-2-1-9-18-13/h1-9H,10H2. The molecule has 18 heavy (non-hydrogen) atoms. The van der Waals surface area contributed by atoms with E-state index in [1.807, 2.05) is 12.4 Å². The lowest BCUT2D eigenvalue weighted by atomic mass is 10.2. The summed E-state index contributed by atoms with van der Waals surface area (Å²) in [7, 11) is 0. The highest BCUT2D eigenvalue weighted by molar-refractivity contribution is 14.1. The monoisotopic (exact) mass is 366 g/mol. The van der Waals surface area contributed by atoms with Gasteiger partial charge in [-0.3, -0.25) is 0 Å². The molecule has 0 atom stereocenters. The van der Waals surface area contributed by atoms with Crippen molar-refractivity contribution >= 4 is 33.9 Å². The Kier molecular flexibility index (Phi) is 3.47. The van der Waals surface area contributed by atoms with Gasteiger partial charge in [-0.15, -0.1) is 11.3 Å². The first kappa shape index (κ1) is 11.9. The van der Waals surface area contributed by atoms with Crippen LogP contribution in [0.25, 0.3) is 10.7 Å². The van der Waals surface area contributed by atoms with Crippen molar-refractivity contribution < 1.29 is 0 Å². The highest BCUT2D eigenvalue weighted by Gasteiger charge is 2.06. The highest BCUT2D eigenvalue weighted by Crippen LogP contribution is 2.23. The molecule has 0 spiro atoms. The van der Waals surface area contributed by atoms with Crippen LogP contribution in [0.5, 0.6) is 0 Å². The zero-order chi connectivity index (χ0) is 12.4. The molecule has 0 unspecified atom stereocenters. The van der Waals surface area contributed by atoms with Gasteiger partial charge in [-0.2, -0.15) is 0 Å². The maximum absolute atomic E-state index is 4.44. The molecule has 3 aromatic rings. The van der Waals surface area contributed by atoms with Crippen LogP contribution in [0.3, 0.4) is 0 Å². The van der Waals surface area contributed by atoms with Crippen molar-refractivity contribution in [2.24, 2.45) is 0 Å². The van der Waals surface area contributed by atoms with Crippen LogP contribution >= 0.6 is 33.9 Å². The Hall–Kier alpha value is -1.14. The van der Waals surface area contributed by atoms with Crippen LogP contribution in [0, 0.1) is 3.57 Å². The molecular formula is C14H11IN2S. The third-order valence-electron chi connectivity index (χ3n) is 2.72. The number of benzene rings is 1. The Morgan fingerprint density at radius 1 is 1.17 bits per heavy atom. The van der Waals surface area contributed by atoms with E-state index in [2.05, 4.69) is 73.9 Å². The van der Waals surface area contributed by atoms with Crippen LogP contribution in [0.1, 0.15) is 5.56 Å². The van der Waals surface area contributed by atoms with Gasteiger partial charge in [0, 0.05) is 22.5 Å². The van der Waals surface area contributed by atoms with Crippen LogP contribution in [0.2, 0.25) is 0 Å². The summed E-state index contributed by atoms with van der Waals surface area (Å²) in [6.07, 6.45) is 3.90. The Morgan fingerprint density at radius 3 is 2.72 bits per heavy atom. The fraction of sp³-hybridized carbons (Fsp3) is 0.0714. The first-order valence-electron chi connectivity index (χ1n) is 5.62. The number of halogens is 1. The van der Waals surface area contributed by atoms with Crippen LogP contribution < -0.4 is 0 Å². The average Bonchev–Trinajstić information content (AvgIpc) is 3.02. The predicted octanol–water partition coefficient (Wildman–Crippen LogP) is 4.26. The quantitative estimate of drug-likeness (QED) is 0.634. The van der Waals surface area contributed by atoms with Gasteiger partial charge in [0.05, 0.1) is 4.88 Å². The lowest BCUT2D eigenvalue weighted by Crippen LogP contribution is -2.00. The number of rotatable bonds is 3. The van der Waals surface area contributed by atoms with Crippen molar-refractivity contribution in [1.82, 2.24) is 9.55 Å². The van der Waals surface area contributed by atoms with Crippen molar-refractivity contribution in [1.29, 1.82) is 0 Å². The van der Waals surface area contributed by atoms with Crippen molar-refractivity contribution in [3.63, 3.8) is 0 Å². The average molecular weight is 366 g/mol. The molecule has 2 aromatic heterocycles. The van der Waals surface area contributed by atoms with Crippen LogP contribution in [0.4, 0.5) is 0 Å².